The second-order valence-electron chi connectivity index (χ2n) is 6.45. The molecule has 1 spiro atoms. The number of rotatable bonds is 0. The van der Waals surface area contributed by atoms with Gasteiger partial charge < -0.3 is 5.32 Å². The molecule has 0 bridgehead atoms. The van der Waals surface area contributed by atoms with Crippen molar-refractivity contribution in [1.82, 2.24) is 10.2 Å². The molecular formula is C15H28N2. The first-order valence-corrected chi connectivity index (χ1v) is 7.88. The fourth-order valence-corrected chi connectivity index (χ4v) is 4.47. The van der Waals surface area contributed by atoms with Gasteiger partial charge in [-0.25, -0.2) is 0 Å². The lowest BCUT2D eigenvalue weighted by molar-refractivity contribution is 0.0167. The van der Waals surface area contributed by atoms with Crippen LogP contribution >= 0.6 is 0 Å². The van der Waals surface area contributed by atoms with Crippen molar-refractivity contribution in [1.29, 1.82) is 0 Å². The third-order valence-electron chi connectivity index (χ3n) is 5.38. The van der Waals surface area contributed by atoms with Gasteiger partial charge in [0.15, 0.2) is 0 Å². The first kappa shape index (κ1) is 12.0. The normalized spacial score (nSPS) is 34.9. The van der Waals surface area contributed by atoms with E-state index in [2.05, 4.69) is 10.2 Å². The molecule has 2 saturated heterocycles. The molecule has 98 valence electrons. The van der Waals surface area contributed by atoms with Gasteiger partial charge in [-0.3, -0.25) is 4.90 Å². The summed E-state index contributed by atoms with van der Waals surface area (Å²) in [4.78, 5) is 2.95. The van der Waals surface area contributed by atoms with E-state index in [-0.39, 0.29) is 0 Å². The maximum atomic E-state index is 3.75. The minimum absolute atomic E-state index is 0.540. The lowest BCUT2D eigenvalue weighted by Crippen LogP contribution is -2.57. The van der Waals surface area contributed by atoms with Crippen LogP contribution in [0.4, 0.5) is 0 Å². The molecule has 3 rings (SSSR count). The summed E-state index contributed by atoms with van der Waals surface area (Å²) in [6, 6.07) is 0.900. The average Bonchev–Trinajstić information content (AvgIpc) is 2.70. The van der Waals surface area contributed by atoms with E-state index in [1.807, 2.05) is 0 Å². The van der Waals surface area contributed by atoms with Gasteiger partial charge >= 0.3 is 0 Å². The van der Waals surface area contributed by atoms with Gasteiger partial charge in [-0.15, -0.1) is 0 Å². The van der Waals surface area contributed by atoms with Gasteiger partial charge in [0.05, 0.1) is 0 Å². The summed E-state index contributed by atoms with van der Waals surface area (Å²) in [5, 5.41) is 3.75. The van der Waals surface area contributed by atoms with E-state index >= 15 is 0 Å². The number of fused-ring (bicyclic) bond motifs is 2. The van der Waals surface area contributed by atoms with Crippen molar-refractivity contribution in [3.05, 3.63) is 0 Å². The van der Waals surface area contributed by atoms with Crippen LogP contribution in [-0.4, -0.2) is 36.1 Å². The molecule has 2 heterocycles. The van der Waals surface area contributed by atoms with Gasteiger partial charge in [-0.1, -0.05) is 32.1 Å². The van der Waals surface area contributed by atoms with E-state index in [1.165, 1.54) is 83.8 Å². The molecule has 0 aromatic heterocycles. The van der Waals surface area contributed by atoms with Crippen molar-refractivity contribution >= 4 is 0 Å². The SMILES string of the molecule is C1CCCC2(CC1)CNCCC1CCCCN12. The van der Waals surface area contributed by atoms with Crippen molar-refractivity contribution in [3.63, 3.8) is 0 Å². The molecule has 1 atom stereocenters. The molecule has 2 aliphatic heterocycles. The largest absolute Gasteiger partial charge is 0.315 e. The minimum Gasteiger partial charge on any atom is -0.315 e. The van der Waals surface area contributed by atoms with Crippen LogP contribution in [0.15, 0.2) is 0 Å². The smallest absolute Gasteiger partial charge is 0.0336 e. The summed E-state index contributed by atoms with van der Waals surface area (Å²) in [6.45, 7) is 3.90. The van der Waals surface area contributed by atoms with E-state index < -0.39 is 0 Å². The Morgan fingerprint density at radius 1 is 0.882 bits per heavy atom. The van der Waals surface area contributed by atoms with Crippen molar-refractivity contribution < 1.29 is 0 Å². The summed E-state index contributed by atoms with van der Waals surface area (Å²) in [6.07, 6.45) is 14.5. The molecule has 1 aliphatic carbocycles. The van der Waals surface area contributed by atoms with Crippen molar-refractivity contribution in [2.75, 3.05) is 19.6 Å². The van der Waals surface area contributed by atoms with Crippen LogP contribution in [0.2, 0.25) is 0 Å². The Hall–Kier alpha value is -0.0800. The molecule has 1 unspecified atom stereocenters. The van der Waals surface area contributed by atoms with Gasteiger partial charge in [0.2, 0.25) is 0 Å². The zero-order valence-electron chi connectivity index (χ0n) is 11.2. The first-order chi connectivity index (χ1) is 8.41. The predicted molar refractivity (Wildman–Crippen MR) is 72.3 cm³/mol. The Morgan fingerprint density at radius 3 is 2.53 bits per heavy atom. The van der Waals surface area contributed by atoms with Gasteiger partial charge in [0.1, 0.15) is 0 Å². The average molecular weight is 236 g/mol. The summed E-state index contributed by atoms with van der Waals surface area (Å²) in [5.74, 6) is 0. The summed E-state index contributed by atoms with van der Waals surface area (Å²) in [7, 11) is 0. The highest BCUT2D eigenvalue weighted by atomic mass is 15.3. The summed E-state index contributed by atoms with van der Waals surface area (Å²) in [5.41, 5.74) is 0.540. The highest BCUT2D eigenvalue weighted by Crippen LogP contribution is 2.38. The molecule has 0 aromatic carbocycles. The molecule has 3 fully saturated rings. The van der Waals surface area contributed by atoms with E-state index in [0.717, 1.165) is 6.04 Å². The van der Waals surface area contributed by atoms with Gasteiger partial charge in [0.25, 0.3) is 0 Å². The fraction of sp³-hybridized carbons (Fsp3) is 1.00. The van der Waals surface area contributed by atoms with Crippen molar-refractivity contribution in [3.8, 4) is 0 Å². The number of hydrogen-bond acceptors (Lipinski definition) is 2. The molecular weight excluding hydrogens is 208 g/mol. The Balaban J connectivity index is 1.82. The van der Waals surface area contributed by atoms with Crippen LogP contribution in [-0.2, 0) is 0 Å². The molecule has 1 N–H and O–H groups in total. The zero-order chi connectivity index (χ0) is 11.6. The molecule has 1 saturated carbocycles. The van der Waals surface area contributed by atoms with Crippen molar-refractivity contribution in [2.45, 2.75) is 75.8 Å². The van der Waals surface area contributed by atoms with Gasteiger partial charge in [-0.2, -0.15) is 0 Å². The lowest BCUT2D eigenvalue weighted by atomic mass is 9.84. The first-order valence-electron chi connectivity index (χ1n) is 7.88. The molecule has 2 heteroatoms. The Labute approximate surface area is 106 Å². The molecule has 17 heavy (non-hydrogen) atoms. The third-order valence-corrected chi connectivity index (χ3v) is 5.38. The molecule has 3 aliphatic rings. The topological polar surface area (TPSA) is 15.3 Å². The fourth-order valence-electron chi connectivity index (χ4n) is 4.47. The van der Waals surface area contributed by atoms with Crippen LogP contribution < -0.4 is 5.32 Å². The van der Waals surface area contributed by atoms with E-state index in [1.54, 1.807) is 0 Å². The maximum absolute atomic E-state index is 3.75. The summed E-state index contributed by atoms with van der Waals surface area (Å²) >= 11 is 0. The minimum atomic E-state index is 0.540. The van der Waals surface area contributed by atoms with Crippen LogP contribution in [0.1, 0.15) is 64.2 Å². The Bertz CT molecular complexity index is 238. The Kier molecular flexibility index (Phi) is 3.72. The standard InChI is InChI=1S/C15H28N2/c1-2-5-10-15(9-4-1)13-16-11-8-14-7-3-6-12-17(14)15/h14,16H,1-13H2. The monoisotopic (exact) mass is 236 g/mol. The Morgan fingerprint density at radius 2 is 1.71 bits per heavy atom. The second kappa shape index (κ2) is 5.27. The second-order valence-corrected chi connectivity index (χ2v) is 6.45. The predicted octanol–water partition coefficient (Wildman–Crippen LogP) is 2.93. The number of piperidine rings is 1. The third kappa shape index (κ3) is 2.39. The van der Waals surface area contributed by atoms with E-state index in [9.17, 15) is 0 Å². The van der Waals surface area contributed by atoms with Gasteiger partial charge in [0, 0.05) is 18.1 Å². The highest BCUT2D eigenvalue weighted by molar-refractivity contribution is 5.00. The molecule has 2 nitrogen and oxygen atoms in total. The van der Waals surface area contributed by atoms with Gasteiger partial charge in [-0.05, 0) is 45.2 Å². The molecule has 0 radical (unpaired) electrons. The lowest BCUT2D eigenvalue weighted by Gasteiger charge is -2.48. The van der Waals surface area contributed by atoms with Crippen LogP contribution in [0.25, 0.3) is 0 Å². The van der Waals surface area contributed by atoms with Crippen molar-refractivity contribution in [2.24, 2.45) is 0 Å². The zero-order valence-corrected chi connectivity index (χ0v) is 11.2. The maximum Gasteiger partial charge on any atom is 0.0336 e. The number of hydrogen-bond donors (Lipinski definition) is 1. The highest BCUT2D eigenvalue weighted by Gasteiger charge is 2.42. The van der Waals surface area contributed by atoms with Crippen LogP contribution in [0, 0.1) is 0 Å². The molecule has 0 aromatic rings. The quantitative estimate of drug-likeness (QED) is 0.695. The molecule has 0 amide bonds. The number of nitrogens with zero attached hydrogens (tertiary/aromatic N) is 1. The van der Waals surface area contributed by atoms with E-state index in [4.69, 9.17) is 0 Å². The summed E-state index contributed by atoms with van der Waals surface area (Å²) < 4.78 is 0. The van der Waals surface area contributed by atoms with Crippen LogP contribution in [0.3, 0.4) is 0 Å². The van der Waals surface area contributed by atoms with E-state index in [0.29, 0.717) is 5.54 Å². The number of nitrogens with one attached hydrogen (secondary N) is 1. The van der Waals surface area contributed by atoms with Crippen LogP contribution in [0.5, 0.6) is 0 Å².